The van der Waals surface area contributed by atoms with Gasteiger partial charge >= 0.3 is 6.03 Å². The highest BCUT2D eigenvalue weighted by Crippen LogP contribution is 2.11. The van der Waals surface area contributed by atoms with E-state index in [1.54, 1.807) is 34.0 Å². The molecule has 0 aliphatic rings. The third-order valence-corrected chi connectivity index (χ3v) is 4.52. The van der Waals surface area contributed by atoms with E-state index in [2.05, 4.69) is 10.4 Å². The third-order valence-electron chi connectivity index (χ3n) is 4.52. The van der Waals surface area contributed by atoms with Crippen LogP contribution in [0.1, 0.15) is 11.1 Å². The Morgan fingerprint density at radius 1 is 1.07 bits per heavy atom. The number of nitrogens with one attached hydrogen (secondary N) is 1. The van der Waals surface area contributed by atoms with E-state index in [0.29, 0.717) is 25.2 Å². The van der Waals surface area contributed by atoms with Crippen molar-refractivity contribution in [2.24, 2.45) is 0 Å². The second-order valence-electron chi connectivity index (χ2n) is 7.10. The first kappa shape index (κ1) is 20.5. The van der Waals surface area contributed by atoms with E-state index in [4.69, 9.17) is 0 Å². The molecule has 1 heterocycles. The number of hydrogen-bond donors (Lipinski definition) is 1. The fourth-order valence-electron chi connectivity index (χ4n) is 2.87. The van der Waals surface area contributed by atoms with Gasteiger partial charge in [-0.15, -0.1) is 0 Å². The molecule has 6 nitrogen and oxygen atoms in total. The molecule has 0 bridgehead atoms. The van der Waals surface area contributed by atoms with Gasteiger partial charge in [-0.05, 0) is 32.3 Å². The molecule has 7 heteroatoms. The van der Waals surface area contributed by atoms with Gasteiger partial charge in [0.2, 0.25) is 0 Å². The number of nitrogens with zero attached hydrogens (tertiary/aromatic N) is 4. The maximum absolute atomic E-state index is 14.0. The molecule has 0 radical (unpaired) electrons. The van der Waals surface area contributed by atoms with Gasteiger partial charge in [0.1, 0.15) is 5.82 Å². The molecular weight excluding hydrogens is 369 g/mol. The average Bonchev–Trinajstić information content (AvgIpc) is 3.20. The molecule has 0 saturated carbocycles. The summed E-state index contributed by atoms with van der Waals surface area (Å²) < 4.78 is 15.8. The molecule has 1 aromatic heterocycles. The summed E-state index contributed by atoms with van der Waals surface area (Å²) in [7, 11) is 3.88. The fraction of sp³-hybridized carbons (Fsp3) is 0.273. The van der Waals surface area contributed by atoms with E-state index < -0.39 is 0 Å². The Labute approximate surface area is 170 Å². The normalized spacial score (nSPS) is 10.9. The van der Waals surface area contributed by atoms with E-state index in [1.807, 2.05) is 55.5 Å². The van der Waals surface area contributed by atoms with Gasteiger partial charge in [-0.25, -0.2) is 13.9 Å². The lowest BCUT2D eigenvalue weighted by Crippen LogP contribution is -2.42. The molecule has 0 aliphatic carbocycles. The minimum atomic E-state index is -0.306. The molecule has 29 heavy (non-hydrogen) atoms. The number of halogens is 1. The fourth-order valence-corrected chi connectivity index (χ4v) is 2.87. The van der Waals surface area contributed by atoms with Crippen LogP contribution in [0.15, 0.2) is 67.0 Å². The Bertz CT molecular complexity index is 926. The Balaban J connectivity index is 1.63. The number of carbonyl (C=O) groups excluding carboxylic acids is 1. The Morgan fingerprint density at radius 3 is 2.52 bits per heavy atom. The summed E-state index contributed by atoms with van der Waals surface area (Å²) in [6.07, 6.45) is 3.62. The highest BCUT2D eigenvalue weighted by molar-refractivity contribution is 5.74. The highest BCUT2D eigenvalue weighted by atomic mass is 19.1. The van der Waals surface area contributed by atoms with Crippen LogP contribution in [-0.2, 0) is 13.1 Å². The van der Waals surface area contributed by atoms with E-state index >= 15 is 0 Å². The SMILES string of the molecule is CN(C)CCN(Cc1ccccc1F)C(=O)NCc1cnn(-c2ccccc2)c1. The van der Waals surface area contributed by atoms with E-state index in [1.165, 1.54) is 6.07 Å². The molecular formula is C22H26FN5O. The number of carbonyl (C=O) groups is 1. The third kappa shape index (κ3) is 5.89. The van der Waals surface area contributed by atoms with Crippen LogP contribution < -0.4 is 5.32 Å². The van der Waals surface area contributed by atoms with Crippen LogP contribution >= 0.6 is 0 Å². The van der Waals surface area contributed by atoms with Crippen molar-refractivity contribution < 1.29 is 9.18 Å². The zero-order valence-electron chi connectivity index (χ0n) is 16.8. The van der Waals surface area contributed by atoms with Crippen molar-refractivity contribution in [2.45, 2.75) is 13.1 Å². The Hall–Kier alpha value is -3.19. The number of hydrogen-bond acceptors (Lipinski definition) is 3. The van der Waals surface area contributed by atoms with Crippen molar-refractivity contribution in [1.29, 1.82) is 0 Å². The number of urea groups is 1. The van der Waals surface area contributed by atoms with Crippen LogP contribution in [0, 0.1) is 5.82 Å². The maximum atomic E-state index is 14.0. The van der Waals surface area contributed by atoms with Crippen LogP contribution in [0.5, 0.6) is 0 Å². The van der Waals surface area contributed by atoms with Gasteiger partial charge in [-0.3, -0.25) is 0 Å². The molecule has 2 amide bonds. The lowest BCUT2D eigenvalue weighted by Gasteiger charge is -2.25. The van der Waals surface area contributed by atoms with Crippen molar-refractivity contribution in [2.75, 3.05) is 27.2 Å². The maximum Gasteiger partial charge on any atom is 0.318 e. The molecule has 2 aromatic carbocycles. The standard InChI is InChI=1S/C22H26FN5O/c1-26(2)12-13-27(17-19-8-6-7-11-21(19)23)22(29)24-14-18-15-25-28(16-18)20-9-4-3-5-10-20/h3-11,15-16H,12-14,17H2,1-2H3,(H,24,29). The molecule has 3 aromatic rings. The minimum Gasteiger partial charge on any atom is -0.334 e. The van der Waals surface area contributed by atoms with Gasteiger partial charge in [-0.2, -0.15) is 5.10 Å². The summed E-state index contributed by atoms with van der Waals surface area (Å²) in [5.74, 6) is -0.306. The lowest BCUT2D eigenvalue weighted by molar-refractivity contribution is 0.187. The van der Waals surface area contributed by atoms with Crippen LogP contribution in [0.3, 0.4) is 0 Å². The van der Waals surface area contributed by atoms with Gasteiger partial charge in [0.05, 0.1) is 18.4 Å². The van der Waals surface area contributed by atoms with E-state index in [-0.39, 0.29) is 18.4 Å². The smallest absolute Gasteiger partial charge is 0.318 e. The zero-order valence-corrected chi connectivity index (χ0v) is 16.8. The largest absolute Gasteiger partial charge is 0.334 e. The van der Waals surface area contributed by atoms with Crippen molar-refractivity contribution in [3.8, 4) is 5.69 Å². The summed E-state index contributed by atoms with van der Waals surface area (Å²) in [6, 6.07) is 16.1. The Kier molecular flexibility index (Phi) is 6.97. The molecule has 0 fully saturated rings. The second-order valence-corrected chi connectivity index (χ2v) is 7.10. The summed E-state index contributed by atoms with van der Waals surface area (Å²) >= 11 is 0. The first-order valence-corrected chi connectivity index (χ1v) is 9.53. The van der Waals surface area contributed by atoms with Crippen LogP contribution in [0.4, 0.5) is 9.18 Å². The molecule has 152 valence electrons. The topological polar surface area (TPSA) is 53.4 Å². The second kappa shape index (κ2) is 9.84. The van der Waals surface area contributed by atoms with Crippen LogP contribution in [0.2, 0.25) is 0 Å². The molecule has 0 unspecified atom stereocenters. The van der Waals surface area contributed by atoms with E-state index in [9.17, 15) is 9.18 Å². The number of rotatable bonds is 8. The molecule has 0 spiro atoms. The monoisotopic (exact) mass is 395 g/mol. The summed E-state index contributed by atoms with van der Waals surface area (Å²) in [6.45, 7) is 1.75. The van der Waals surface area contributed by atoms with Crippen molar-refractivity contribution in [1.82, 2.24) is 24.9 Å². The minimum absolute atomic E-state index is 0.218. The average molecular weight is 395 g/mol. The predicted octanol–water partition coefficient (Wildman–Crippen LogP) is 3.28. The number of amides is 2. The molecule has 3 rings (SSSR count). The van der Waals surface area contributed by atoms with Crippen molar-refractivity contribution >= 4 is 6.03 Å². The zero-order chi connectivity index (χ0) is 20.6. The molecule has 0 aliphatic heterocycles. The number of para-hydroxylation sites is 1. The van der Waals surface area contributed by atoms with Crippen molar-refractivity contribution in [3.63, 3.8) is 0 Å². The predicted molar refractivity (Wildman–Crippen MR) is 111 cm³/mol. The summed E-state index contributed by atoms with van der Waals surface area (Å²) in [4.78, 5) is 16.4. The molecule has 0 atom stereocenters. The van der Waals surface area contributed by atoms with E-state index in [0.717, 1.165) is 11.3 Å². The molecule has 0 saturated heterocycles. The number of likely N-dealkylation sites (N-methyl/N-ethyl adjacent to an activating group) is 1. The lowest BCUT2D eigenvalue weighted by atomic mass is 10.2. The van der Waals surface area contributed by atoms with Gasteiger partial charge in [-0.1, -0.05) is 36.4 Å². The van der Waals surface area contributed by atoms with Crippen molar-refractivity contribution in [3.05, 3.63) is 83.9 Å². The molecule has 1 N–H and O–H groups in total. The quantitative estimate of drug-likeness (QED) is 0.637. The highest BCUT2D eigenvalue weighted by Gasteiger charge is 2.16. The summed E-state index contributed by atoms with van der Waals surface area (Å²) in [5.41, 5.74) is 2.34. The first-order valence-electron chi connectivity index (χ1n) is 9.53. The van der Waals surface area contributed by atoms with Gasteiger partial charge in [0, 0.05) is 37.0 Å². The number of benzene rings is 2. The first-order chi connectivity index (χ1) is 14.0. The summed E-state index contributed by atoms with van der Waals surface area (Å²) in [5, 5.41) is 7.26. The van der Waals surface area contributed by atoms with Crippen LogP contribution in [0.25, 0.3) is 5.69 Å². The van der Waals surface area contributed by atoms with Gasteiger partial charge < -0.3 is 15.1 Å². The van der Waals surface area contributed by atoms with Gasteiger partial charge in [0.15, 0.2) is 0 Å². The van der Waals surface area contributed by atoms with Crippen LogP contribution in [-0.4, -0.2) is 52.8 Å². The number of aromatic nitrogens is 2. The van der Waals surface area contributed by atoms with Gasteiger partial charge in [0.25, 0.3) is 0 Å². The Morgan fingerprint density at radius 2 is 1.79 bits per heavy atom.